The number of unbranched alkanes of at least 4 members (excludes halogenated alkanes) is 1. The monoisotopic (exact) mass is 527 g/mol. The van der Waals surface area contributed by atoms with Crippen molar-refractivity contribution in [3.05, 3.63) is 22.5 Å². The summed E-state index contributed by atoms with van der Waals surface area (Å²) in [5.74, 6) is -2.79. The Hall–Kier alpha value is -3.06. The molecule has 3 amide bonds. The van der Waals surface area contributed by atoms with E-state index in [9.17, 15) is 28.7 Å². The first kappa shape index (κ1) is 30.2. The molecule has 2 heterocycles. The maximum atomic E-state index is 14.9. The molecule has 1 aliphatic rings. The zero-order chi connectivity index (χ0) is 27.9. The number of carbonyl (C=O) groups excluding carboxylic acids is 3. The highest BCUT2D eigenvalue weighted by atomic mass is 19.1. The number of alkyl carbamates (subject to hydrolysis) is 1. The van der Waals surface area contributed by atoms with Crippen LogP contribution in [-0.2, 0) is 19.1 Å². The van der Waals surface area contributed by atoms with E-state index in [1.807, 2.05) is 13.8 Å². The number of rotatable bonds is 10. The first-order valence-corrected chi connectivity index (χ1v) is 12.3. The molecule has 1 fully saturated rings. The second-order valence-electron chi connectivity index (χ2n) is 10.3. The van der Waals surface area contributed by atoms with Crippen LogP contribution in [0, 0.1) is 17.7 Å². The van der Waals surface area contributed by atoms with Crippen molar-refractivity contribution in [2.75, 3.05) is 18.5 Å². The second-order valence-corrected chi connectivity index (χ2v) is 10.3. The Balaban J connectivity index is 2.16. The molecule has 0 spiro atoms. The number of anilines is 1. The van der Waals surface area contributed by atoms with E-state index in [1.54, 1.807) is 20.8 Å². The molecule has 208 valence electrons. The standard InChI is InChI=1S/C24H38FN5O7/c1-13-14(2)21(36-18(13)12-31)30-11-16(25)19(29-22(30)34)28-20(33)17(9-7-8-10-26-15(3)32)27-23(35)37-24(4,5)6/h11,13-14,17-18,21,31H,7-10,12H2,1-6H3,(H,26,32)(H,27,35)(H,28,29,33,34)/t13?,14-,17?,18+,21+/m0/s1. The largest absolute Gasteiger partial charge is 0.444 e. The van der Waals surface area contributed by atoms with Crippen LogP contribution in [0.4, 0.5) is 15.0 Å². The van der Waals surface area contributed by atoms with Crippen LogP contribution in [0.25, 0.3) is 0 Å². The van der Waals surface area contributed by atoms with Gasteiger partial charge in [0, 0.05) is 19.4 Å². The number of nitrogens with zero attached hydrogens (tertiary/aromatic N) is 2. The molecule has 13 heteroatoms. The fourth-order valence-electron chi connectivity index (χ4n) is 3.93. The van der Waals surface area contributed by atoms with Gasteiger partial charge >= 0.3 is 11.8 Å². The van der Waals surface area contributed by atoms with Crippen molar-refractivity contribution in [2.24, 2.45) is 11.8 Å². The van der Waals surface area contributed by atoms with Crippen molar-refractivity contribution < 1.29 is 33.4 Å². The maximum absolute atomic E-state index is 14.9. The van der Waals surface area contributed by atoms with Gasteiger partial charge in [0.15, 0.2) is 11.6 Å². The molecule has 4 N–H and O–H groups in total. The van der Waals surface area contributed by atoms with Crippen molar-refractivity contribution in [3.63, 3.8) is 0 Å². The van der Waals surface area contributed by atoms with Crippen molar-refractivity contribution in [3.8, 4) is 0 Å². The van der Waals surface area contributed by atoms with E-state index in [0.29, 0.717) is 19.4 Å². The minimum atomic E-state index is -1.11. The van der Waals surface area contributed by atoms with E-state index in [0.717, 1.165) is 10.8 Å². The Bertz CT molecular complexity index is 1030. The summed E-state index contributed by atoms with van der Waals surface area (Å²) in [6, 6.07) is -1.11. The van der Waals surface area contributed by atoms with Crippen molar-refractivity contribution >= 4 is 23.7 Å². The van der Waals surface area contributed by atoms with E-state index in [2.05, 4.69) is 20.9 Å². The molecule has 1 aliphatic heterocycles. The summed E-state index contributed by atoms with van der Waals surface area (Å²) in [5.41, 5.74) is -1.65. The van der Waals surface area contributed by atoms with Crippen LogP contribution in [0.2, 0.25) is 0 Å². The number of nitrogens with one attached hydrogen (secondary N) is 3. The van der Waals surface area contributed by atoms with Gasteiger partial charge in [0.05, 0.1) is 18.9 Å². The zero-order valence-corrected chi connectivity index (χ0v) is 22.2. The lowest BCUT2D eigenvalue weighted by molar-refractivity contribution is -0.119. The molecular weight excluding hydrogens is 489 g/mol. The fraction of sp³-hybridized carbons (Fsp3) is 0.708. The smallest absolute Gasteiger partial charge is 0.408 e. The van der Waals surface area contributed by atoms with E-state index in [1.165, 1.54) is 6.92 Å². The highest BCUT2D eigenvalue weighted by Crippen LogP contribution is 2.38. The normalized spacial score (nSPS) is 22.3. The van der Waals surface area contributed by atoms with Gasteiger partial charge < -0.3 is 30.5 Å². The van der Waals surface area contributed by atoms with Crippen LogP contribution in [-0.4, -0.2) is 63.5 Å². The number of amides is 3. The molecule has 2 rings (SSSR count). The Morgan fingerprint density at radius 1 is 1.24 bits per heavy atom. The predicted octanol–water partition coefficient (Wildman–Crippen LogP) is 1.68. The van der Waals surface area contributed by atoms with Gasteiger partial charge in [-0.25, -0.2) is 14.0 Å². The van der Waals surface area contributed by atoms with Crippen LogP contribution in [0.15, 0.2) is 11.0 Å². The Morgan fingerprint density at radius 2 is 1.92 bits per heavy atom. The number of halogens is 1. The van der Waals surface area contributed by atoms with Crippen LogP contribution >= 0.6 is 0 Å². The molecule has 1 saturated heterocycles. The first-order valence-electron chi connectivity index (χ1n) is 12.3. The quantitative estimate of drug-likeness (QED) is 0.334. The molecule has 12 nitrogen and oxygen atoms in total. The summed E-state index contributed by atoms with van der Waals surface area (Å²) in [4.78, 5) is 52.6. The number of carbonyl (C=O) groups is 3. The molecule has 37 heavy (non-hydrogen) atoms. The van der Waals surface area contributed by atoms with Gasteiger partial charge in [0.2, 0.25) is 11.8 Å². The van der Waals surface area contributed by atoms with Gasteiger partial charge in [0.1, 0.15) is 17.9 Å². The van der Waals surface area contributed by atoms with E-state index < -0.39 is 53.3 Å². The molecule has 0 radical (unpaired) electrons. The van der Waals surface area contributed by atoms with Gasteiger partial charge in [-0.3, -0.25) is 14.2 Å². The Morgan fingerprint density at radius 3 is 2.49 bits per heavy atom. The van der Waals surface area contributed by atoms with Gasteiger partial charge in [-0.1, -0.05) is 13.8 Å². The SMILES string of the molecule is CC(=O)NCCCCC(NC(=O)OC(C)(C)C)C(=O)Nc1nc(=O)n([C@@H]2O[C@H](CO)C(C)[C@@H]2C)cc1F. The maximum Gasteiger partial charge on any atom is 0.408 e. The topological polar surface area (TPSA) is 161 Å². The summed E-state index contributed by atoms with van der Waals surface area (Å²) in [5, 5.41) is 16.9. The van der Waals surface area contributed by atoms with Crippen molar-refractivity contribution in [1.29, 1.82) is 0 Å². The number of ether oxygens (including phenoxy) is 2. The van der Waals surface area contributed by atoms with E-state index >= 15 is 0 Å². The van der Waals surface area contributed by atoms with Crippen LogP contribution in [0.3, 0.4) is 0 Å². The average Bonchev–Trinajstić information content (AvgIpc) is 3.07. The third-order valence-electron chi connectivity index (χ3n) is 6.08. The molecule has 0 aliphatic carbocycles. The average molecular weight is 528 g/mol. The van der Waals surface area contributed by atoms with Gasteiger partial charge in [-0.05, 0) is 46.0 Å². The molecule has 1 aromatic rings. The van der Waals surface area contributed by atoms with E-state index in [-0.39, 0.29) is 30.8 Å². The summed E-state index contributed by atoms with van der Waals surface area (Å²) in [6.45, 7) is 10.2. The number of aromatic nitrogens is 2. The van der Waals surface area contributed by atoms with Gasteiger partial charge in [-0.2, -0.15) is 4.98 Å². The van der Waals surface area contributed by atoms with E-state index in [4.69, 9.17) is 9.47 Å². The third-order valence-corrected chi connectivity index (χ3v) is 6.08. The predicted molar refractivity (Wildman–Crippen MR) is 132 cm³/mol. The Kier molecular flexibility index (Phi) is 10.6. The molecule has 5 atom stereocenters. The van der Waals surface area contributed by atoms with Crippen LogP contribution < -0.4 is 21.6 Å². The van der Waals surface area contributed by atoms with Crippen molar-refractivity contribution in [1.82, 2.24) is 20.2 Å². The summed E-state index contributed by atoms with van der Waals surface area (Å²) in [7, 11) is 0. The molecule has 0 bridgehead atoms. The molecular formula is C24H38FN5O7. The number of aliphatic hydroxyl groups excluding tert-OH is 1. The summed E-state index contributed by atoms with van der Waals surface area (Å²) in [6.07, 6.45) is -0.101. The van der Waals surface area contributed by atoms with Gasteiger partial charge in [-0.15, -0.1) is 0 Å². The lowest BCUT2D eigenvalue weighted by Gasteiger charge is -2.23. The number of hydrogen-bond donors (Lipinski definition) is 4. The summed E-state index contributed by atoms with van der Waals surface area (Å²) < 4.78 is 26.9. The minimum absolute atomic E-state index is 0.0744. The fourth-order valence-corrected chi connectivity index (χ4v) is 3.93. The first-order chi connectivity index (χ1) is 17.2. The lowest BCUT2D eigenvalue weighted by atomic mass is 9.93. The molecule has 0 saturated carbocycles. The van der Waals surface area contributed by atoms with Crippen LogP contribution in [0.1, 0.15) is 67.0 Å². The highest BCUT2D eigenvalue weighted by Gasteiger charge is 2.40. The van der Waals surface area contributed by atoms with Crippen LogP contribution in [0.5, 0.6) is 0 Å². The second kappa shape index (κ2) is 13.0. The number of aliphatic hydroxyl groups is 1. The zero-order valence-electron chi connectivity index (χ0n) is 22.2. The third kappa shape index (κ3) is 8.78. The minimum Gasteiger partial charge on any atom is -0.444 e. The summed E-state index contributed by atoms with van der Waals surface area (Å²) >= 11 is 0. The molecule has 0 aromatic carbocycles. The lowest BCUT2D eigenvalue weighted by Crippen LogP contribution is -2.46. The van der Waals surface area contributed by atoms with Gasteiger partial charge in [0.25, 0.3) is 0 Å². The molecule has 2 unspecified atom stereocenters. The highest BCUT2D eigenvalue weighted by molar-refractivity contribution is 5.95. The molecule has 1 aromatic heterocycles. The Labute approximate surface area is 215 Å². The van der Waals surface area contributed by atoms with Crippen molar-refractivity contribution in [2.45, 2.75) is 84.8 Å². The number of hydrogen-bond acceptors (Lipinski definition) is 8.